The molecule has 70 valence electrons. The van der Waals surface area contributed by atoms with Gasteiger partial charge in [0.15, 0.2) is 0 Å². The summed E-state index contributed by atoms with van der Waals surface area (Å²) in [6.45, 7) is 1.60. The van der Waals surface area contributed by atoms with Crippen LogP contribution in [0.15, 0.2) is 12.2 Å². The van der Waals surface area contributed by atoms with Crippen molar-refractivity contribution in [3.63, 3.8) is 0 Å². The van der Waals surface area contributed by atoms with Gasteiger partial charge in [-0.1, -0.05) is 12.2 Å². The van der Waals surface area contributed by atoms with Crippen molar-refractivity contribution >= 4 is 23.0 Å². The summed E-state index contributed by atoms with van der Waals surface area (Å²) in [4.78, 5) is 0. The van der Waals surface area contributed by atoms with E-state index >= 15 is 0 Å². The molecule has 0 N–H and O–H groups in total. The first-order chi connectivity index (χ1) is 5.83. The molecule has 1 aliphatic carbocycles. The van der Waals surface area contributed by atoms with Crippen LogP contribution in [0.4, 0.5) is 0 Å². The van der Waals surface area contributed by atoms with Gasteiger partial charge in [-0.25, -0.2) is 0 Å². The average molecular weight is 282 g/mol. The van der Waals surface area contributed by atoms with Gasteiger partial charge in [0.2, 0.25) is 0 Å². The summed E-state index contributed by atoms with van der Waals surface area (Å²) < 4.78 is 10.4. The first kappa shape index (κ1) is 10.5. The Bertz CT molecular complexity index is 151. The van der Waals surface area contributed by atoms with Gasteiger partial charge in [0.05, 0.1) is 13.2 Å². The van der Waals surface area contributed by atoms with Crippen molar-refractivity contribution < 1.29 is 7.80 Å². The minimum absolute atomic E-state index is 0.241. The van der Waals surface area contributed by atoms with E-state index in [1.54, 1.807) is 7.11 Å². The van der Waals surface area contributed by atoms with Crippen molar-refractivity contribution in [2.24, 2.45) is 5.41 Å². The zero-order valence-electron chi connectivity index (χ0n) is 7.38. The highest BCUT2D eigenvalue weighted by atomic mass is 127. The molecule has 0 aromatic carbocycles. The number of hydrogen-bond acceptors (Lipinski definition) is 2. The Balaban J connectivity index is 2.51. The molecule has 1 rings (SSSR count). The number of allylic oxidation sites excluding steroid dienone is 2. The lowest BCUT2D eigenvalue weighted by Crippen LogP contribution is -2.31. The number of halogens is 1. The summed E-state index contributed by atoms with van der Waals surface area (Å²) >= 11 is 1.96. The molecule has 0 saturated carbocycles. The molecule has 3 heteroatoms. The molecule has 0 aromatic heterocycles. The van der Waals surface area contributed by atoms with Gasteiger partial charge in [0, 0.05) is 12.5 Å². The molecule has 0 radical (unpaired) electrons. The summed E-state index contributed by atoms with van der Waals surface area (Å²) in [7, 11) is 1.76. The monoisotopic (exact) mass is 282 g/mol. The summed E-state index contributed by atoms with van der Waals surface area (Å²) in [5.41, 5.74) is 0.241. The van der Waals surface area contributed by atoms with Gasteiger partial charge in [0.25, 0.3) is 0 Å². The lowest BCUT2D eigenvalue weighted by Gasteiger charge is -2.32. The third kappa shape index (κ3) is 2.71. The fraction of sp³-hybridized carbons (Fsp3) is 0.778. The predicted octanol–water partition coefficient (Wildman–Crippen LogP) is 2.73. The van der Waals surface area contributed by atoms with Gasteiger partial charge in [-0.05, 0) is 19.3 Å². The van der Waals surface area contributed by atoms with Crippen LogP contribution in [0.2, 0.25) is 0 Å². The van der Waals surface area contributed by atoms with Crippen LogP contribution in [0.1, 0.15) is 19.3 Å². The second kappa shape index (κ2) is 5.19. The molecule has 1 unspecified atom stereocenters. The maximum atomic E-state index is 5.22. The Morgan fingerprint density at radius 2 is 2.25 bits per heavy atom. The molecule has 12 heavy (non-hydrogen) atoms. The Morgan fingerprint density at radius 1 is 1.42 bits per heavy atom. The highest BCUT2D eigenvalue weighted by Gasteiger charge is 2.30. The predicted molar refractivity (Wildman–Crippen MR) is 57.3 cm³/mol. The Kier molecular flexibility index (Phi) is 4.53. The van der Waals surface area contributed by atoms with Gasteiger partial charge in [-0.2, -0.15) is 0 Å². The van der Waals surface area contributed by atoms with Crippen molar-refractivity contribution in [1.82, 2.24) is 0 Å². The minimum atomic E-state index is 0.241. The smallest absolute Gasteiger partial charge is 0.109 e. The van der Waals surface area contributed by atoms with Crippen molar-refractivity contribution in [3.05, 3.63) is 12.2 Å². The largest absolute Gasteiger partial charge is 0.384 e. The van der Waals surface area contributed by atoms with Crippen molar-refractivity contribution in [2.75, 3.05) is 20.3 Å². The summed E-state index contributed by atoms with van der Waals surface area (Å²) in [6.07, 6.45) is 7.90. The highest BCUT2D eigenvalue weighted by molar-refractivity contribution is 14.1. The van der Waals surface area contributed by atoms with Crippen LogP contribution >= 0.6 is 23.0 Å². The van der Waals surface area contributed by atoms with Crippen LogP contribution in [0.5, 0.6) is 0 Å². The summed E-state index contributed by atoms with van der Waals surface area (Å²) in [6, 6.07) is 0. The van der Waals surface area contributed by atoms with Gasteiger partial charge < -0.3 is 7.80 Å². The fourth-order valence-electron chi connectivity index (χ4n) is 1.67. The lowest BCUT2D eigenvalue weighted by molar-refractivity contribution is 0.0440. The van der Waals surface area contributed by atoms with E-state index in [1.165, 1.54) is 6.42 Å². The van der Waals surface area contributed by atoms with Crippen LogP contribution < -0.4 is 0 Å². The van der Waals surface area contributed by atoms with Crippen LogP contribution in [0, 0.1) is 5.41 Å². The third-order valence-corrected chi connectivity index (χ3v) is 2.68. The third-order valence-electron chi connectivity index (χ3n) is 2.37. The van der Waals surface area contributed by atoms with E-state index in [1.807, 2.05) is 23.0 Å². The van der Waals surface area contributed by atoms with E-state index in [9.17, 15) is 0 Å². The van der Waals surface area contributed by atoms with Crippen LogP contribution in [0.25, 0.3) is 0 Å². The standard InChI is InChI=1S/C9H15IO2/c1-11-7-9(8-12-10)5-3-2-4-6-9/h2-3H,4-8H2,1H3. The van der Waals surface area contributed by atoms with Crippen molar-refractivity contribution in [1.29, 1.82) is 0 Å². The van der Waals surface area contributed by atoms with E-state index in [2.05, 4.69) is 12.2 Å². The van der Waals surface area contributed by atoms with E-state index < -0.39 is 0 Å². The van der Waals surface area contributed by atoms with Crippen LogP contribution in [0.3, 0.4) is 0 Å². The summed E-state index contributed by atoms with van der Waals surface area (Å²) in [5.74, 6) is 0. The molecule has 0 fully saturated rings. The first-order valence-corrected chi connectivity index (χ1v) is 5.08. The highest BCUT2D eigenvalue weighted by Crippen LogP contribution is 2.33. The molecule has 2 nitrogen and oxygen atoms in total. The Hall–Kier alpha value is 0.390. The molecule has 0 saturated heterocycles. The molecule has 0 heterocycles. The van der Waals surface area contributed by atoms with Gasteiger partial charge in [-0.15, -0.1) is 0 Å². The van der Waals surface area contributed by atoms with Gasteiger partial charge in [0.1, 0.15) is 23.0 Å². The molecule has 0 bridgehead atoms. The van der Waals surface area contributed by atoms with E-state index in [4.69, 9.17) is 7.80 Å². The minimum Gasteiger partial charge on any atom is -0.384 e. The molecule has 0 spiro atoms. The Morgan fingerprint density at radius 3 is 2.75 bits per heavy atom. The fourth-order valence-corrected chi connectivity index (χ4v) is 2.33. The van der Waals surface area contributed by atoms with E-state index in [-0.39, 0.29) is 5.41 Å². The zero-order valence-corrected chi connectivity index (χ0v) is 9.54. The number of rotatable bonds is 4. The van der Waals surface area contributed by atoms with E-state index in [0.29, 0.717) is 0 Å². The lowest BCUT2D eigenvalue weighted by atomic mass is 9.78. The molecule has 1 aliphatic rings. The van der Waals surface area contributed by atoms with E-state index in [0.717, 1.165) is 26.1 Å². The number of ether oxygens (including phenoxy) is 1. The van der Waals surface area contributed by atoms with Gasteiger partial charge >= 0.3 is 0 Å². The average Bonchev–Trinajstić information content (AvgIpc) is 2.07. The maximum absolute atomic E-state index is 5.22. The number of methoxy groups -OCH3 is 1. The molecule has 1 atom stereocenters. The summed E-state index contributed by atoms with van der Waals surface area (Å²) in [5, 5.41) is 0. The van der Waals surface area contributed by atoms with Crippen molar-refractivity contribution in [3.8, 4) is 0 Å². The van der Waals surface area contributed by atoms with Crippen molar-refractivity contribution in [2.45, 2.75) is 19.3 Å². The second-order valence-corrected chi connectivity index (χ2v) is 4.02. The second-order valence-electron chi connectivity index (χ2n) is 3.40. The normalized spacial score (nSPS) is 29.2. The van der Waals surface area contributed by atoms with Crippen LogP contribution in [-0.4, -0.2) is 20.3 Å². The maximum Gasteiger partial charge on any atom is 0.109 e. The molecular weight excluding hydrogens is 267 g/mol. The molecule has 0 amide bonds. The SMILES string of the molecule is COCC1(COI)CC=CCC1. The van der Waals surface area contributed by atoms with Crippen LogP contribution in [-0.2, 0) is 7.80 Å². The molecular formula is C9H15IO2. The number of hydrogen-bond donors (Lipinski definition) is 0. The topological polar surface area (TPSA) is 18.5 Å². The molecule has 0 aliphatic heterocycles. The van der Waals surface area contributed by atoms with Gasteiger partial charge in [-0.3, -0.25) is 0 Å². The molecule has 0 aromatic rings. The zero-order chi connectivity index (χ0) is 8.86. The first-order valence-electron chi connectivity index (χ1n) is 4.20. The quantitative estimate of drug-likeness (QED) is 0.583. The Labute approximate surface area is 88.0 Å².